The molecule has 0 aromatic carbocycles. The van der Waals surface area contributed by atoms with Crippen LogP contribution in [0.25, 0.3) is 0 Å². The van der Waals surface area contributed by atoms with Crippen molar-refractivity contribution in [1.29, 1.82) is 0 Å². The third-order valence-electron chi connectivity index (χ3n) is 2.61. The van der Waals surface area contributed by atoms with E-state index in [2.05, 4.69) is 15.7 Å². The lowest BCUT2D eigenvalue weighted by atomic mass is 10.2. The van der Waals surface area contributed by atoms with Crippen LogP contribution in [0, 0.1) is 0 Å². The van der Waals surface area contributed by atoms with Gasteiger partial charge in [-0.25, -0.2) is 4.68 Å². The van der Waals surface area contributed by atoms with Gasteiger partial charge >= 0.3 is 0 Å². The Kier molecular flexibility index (Phi) is 3.53. The number of aliphatic hydroxyl groups excluding tert-OH is 1. The van der Waals surface area contributed by atoms with Crippen LogP contribution in [-0.2, 0) is 4.79 Å². The Balaban J connectivity index is 1.93. The standard InChI is InChI=1S/C10H16N4O2/c15-5-1-2-10(16)13-9-3-4-12-14(9)8-6-11-7-8/h3-4,8,11,15H,1-2,5-7H2,(H,13,16). The molecule has 0 radical (unpaired) electrons. The fourth-order valence-corrected chi connectivity index (χ4v) is 1.60. The SMILES string of the molecule is O=C(CCCO)Nc1ccnn1C1CNC1. The zero-order chi connectivity index (χ0) is 11.4. The van der Waals surface area contributed by atoms with E-state index in [1.54, 1.807) is 12.3 Å². The first-order valence-electron chi connectivity index (χ1n) is 5.46. The van der Waals surface area contributed by atoms with Crippen molar-refractivity contribution in [3.8, 4) is 0 Å². The molecule has 2 rings (SSSR count). The summed E-state index contributed by atoms with van der Waals surface area (Å²) < 4.78 is 1.83. The molecule has 1 aromatic rings. The van der Waals surface area contributed by atoms with E-state index in [1.807, 2.05) is 4.68 Å². The van der Waals surface area contributed by atoms with Crippen LogP contribution < -0.4 is 10.6 Å². The van der Waals surface area contributed by atoms with Crippen molar-refractivity contribution in [3.05, 3.63) is 12.3 Å². The second kappa shape index (κ2) is 5.09. The minimum absolute atomic E-state index is 0.0409. The van der Waals surface area contributed by atoms with Gasteiger partial charge < -0.3 is 15.7 Å². The lowest BCUT2D eigenvalue weighted by Crippen LogP contribution is -2.44. The van der Waals surface area contributed by atoms with Gasteiger partial charge in [0.1, 0.15) is 5.82 Å². The number of amides is 1. The smallest absolute Gasteiger partial charge is 0.225 e. The van der Waals surface area contributed by atoms with E-state index in [4.69, 9.17) is 5.11 Å². The molecule has 88 valence electrons. The van der Waals surface area contributed by atoms with Crippen molar-refractivity contribution in [1.82, 2.24) is 15.1 Å². The summed E-state index contributed by atoms with van der Waals surface area (Å²) in [6.45, 7) is 1.82. The molecule has 2 heterocycles. The molecule has 6 nitrogen and oxygen atoms in total. The van der Waals surface area contributed by atoms with E-state index in [0.29, 0.717) is 18.9 Å². The van der Waals surface area contributed by atoms with Gasteiger partial charge in [-0.15, -0.1) is 0 Å². The average molecular weight is 224 g/mol. The first-order chi connectivity index (χ1) is 7.81. The normalized spacial score (nSPS) is 15.8. The van der Waals surface area contributed by atoms with E-state index in [1.165, 1.54) is 0 Å². The number of hydrogen-bond donors (Lipinski definition) is 3. The molecule has 0 saturated carbocycles. The number of carbonyl (C=O) groups excluding carboxylic acids is 1. The molecule has 0 bridgehead atoms. The summed E-state index contributed by atoms with van der Waals surface area (Å²) in [6, 6.07) is 2.12. The predicted octanol–water partition coefficient (Wildman–Crippen LogP) is -0.262. The van der Waals surface area contributed by atoms with Crippen LogP contribution in [0.1, 0.15) is 18.9 Å². The third kappa shape index (κ3) is 2.40. The summed E-state index contributed by atoms with van der Waals surface area (Å²) in [7, 11) is 0. The lowest BCUT2D eigenvalue weighted by molar-refractivity contribution is -0.116. The van der Waals surface area contributed by atoms with Crippen LogP contribution in [0.4, 0.5) is 5.82 Å². The number of nitrogens with one attached hydrogen (secondary N) is 2. The first kappa shape index (κ1) is 11.1. The Hall–Kier alpha value is -1.40. The van der Waals surface area contributed by atoms with Gasteiger partial charge in [-0.1, -0.05) is 0 Å². The number of carbonyl (C=O) groups is 1. The Morgan fingerprint density at radius 3 is 3.12 bits per heavy atom. The number of anilines is 1. The molecule has 0 atom stereocenters. The second-order valence-electron chi connectivity index (χ2n) is 3.85. The van der Waals surface area contributed by atoms with E-state index in [9.17, 15) is 4.79 Å². The average Bonchev–Trinajstić information content (AvgIpc) is 2.61. The van der Waals surface area contributed by atoms with E-state index < -0.39 is 0 Å². The van der Waals surface area contributed by atoms with Gasteiger partial charge in [0.05, 0.1) is 12.2 Å². The Morgan fingerprint density at radius 1 is 1.69 bits per heavy atom. The van der Waals surface area contributed by atoms with Crippen molar-refractivity contribution in [2.24, 2.45) is 0 Å². The van der Waals surface area contributed by atoms with Crippen LogP contribution >= 0.6 is 0 Å². The Bertz CT molecular complexity index is 359. The maximum absolute atomic E-state index is 11.5. The largest absolute Gasteiger partial charge is 0.396 e. The molecule has 0 aliphatic carbocycles. The zero-order valence-electron chi connectivity index (χ0n) is 9.02. The topological polar surface area (TPSA) is 79.2 Å². The maximum atomic E-state index is 11.5. The van der Waals surface area contributed by atoms with Gasteiger partial charge in [-0.3, -0.25) is 4.79 Å². The summed E-state index contributed by atoms with van der Waals surface area (Å²) in [5.74, 6) is 0.650. The lowest BCUT2D eigenvalue weighted by Gasteiger charge is -2.28. The van der Waals surface area contributed by atoms with E-state index in [0.717, 1.165) is 18.9 Å². The molecule has 16 heavy (non-hydrogen) atoms. The molecule has 1 aliphatic rings. The summed E-state index contributed by atoms with van der Waals surface area (Å²) >= 11 is 0. The van der Waals surface area contributed by atoms with Gasteiger partial charge in [0.15, 0.2) is 0 Å². The van der Waals surface area contributed by atoms with Crippen LogP contribution in [0.5, 0.6) is 0 Å². The molecule has 0 unspecified atom stereocenters. The fourth-order valence-electron chi connectivity index (χ4n) is 1.60. The van der Waals surface area contributed by atoms with Crippen molar-refractivity contribution in [3.63, 3.8) is 0 Å². The molecular weight excluding hydrogens is 208 g/mol. The summed E-state index contributed by atoms with van der Waals surface area (Å²) in [5, 5.41) is 18.8. The van der Waals surface area contributed by atoms with Gasteiger partial charge in [0.2, 0.25) is 5.91 Å². The number of rotatable bonds is 5. The van der Waals surface area contributed by atoms with Crippen LogP contribution in [0.2, 0.25) is 0 Å². The highest BCUT2D eigenvalue weighted by Gasteiger charge is 2.21. The minimum Gasteiger partial charge on any atom is -0.396 e. The molecule has 1 aromatic heterocycles. The summed E-state index contributed by atoms with van der Waals surface area (Å²) in [6.07, 6.45) is 2.51. The van der Waals surface area contributed by atoms with Crippen molar-refractivity contribution < 1.29 is 9.90 Å². The molecule has 0 spiro atoms. The van der Waals surface area contributed by atoms with Crippen LogP contribution in [0.15, 0.2) is 12.3 Å². The number of aliphatic hydroxyl groups is 1. The maximum Gasteiger partial charge on any atom is 0.225 e. The second-order valence-corrected chi connectivity index (χ2v) is 3.85. The first-order valence-corrected chi connectivity index (χ1v) is 5.46. The molecule has 1 amide bonds. The third-order valence-corrected chi connectivity index (χ3v) is 2.61. The van der Waals surface area contributed by atoms with Gasteiger partial charge in [0, 0.05) is 32.2 Å². The molecule has 3 N–H and O–H groups in total. The van der Waals surface area contributed by atoms with Crippen molar-refractivity contribution >= 4 is 11.7 Å². The van der Waals surface area contributed by atoms with Gasteiger partial charge in [-0.05, 0) is 6.42 Å². The fraction of sp³-hybridized carbons (Fsp3) is 0.600. The highest BCUT2D eigenvalue weighted by atomic mass is 16.3. The van der Waals surface area contributed by atoms with Gasteiger partial charge in [-0.2, -0.15) is 5.10 Å². The molecule has 6 heteroatoms. The summed E-state index contributed by atoms with van der Waals surface area (Å²) in [5.41, 5.74) is 0. The highest BCUT2D eigenvalue weighted by Crippen LogP contribution is 2.17. The predicted molar refractivity (Wildman–Crippen MR) is 59.1 cm³/mol. The molecular formula is C10H16N4O2. The van der Waals surface area contributed by atoms with Crippen molar-refractivity contribution in [2.45, 2.75) is 18.9 Å². The molecule has 1 fully saturated rings. The van der Waals surface area contributed by atoms with Crippen molar-refractivity contribution in [2.75, 3.05) is 25.0 Å². The monoisotopic (exact) mass is 224 g/mol. The van der Waals surface area contributed by atoms with Crippen LogP contribution in [-0.4, -0.2) is 40.5 Å². The van der Waals surface area contributed by atoms with Crippen LogP contribution in [0.3, 0.4) is 0 Å². The number of hydrogen-bond acceptors (Lipinski definition) is 4. The number of nitrogens with zero attached hydrogens (tertiary/aromatic N) is 2. The highest BCUT2D eigenvalue weighted by molar-refractivity contribution is 5.89. The molecule has 1 aliphatic heterocycles. The zero-order valence-corrected chi connectivity index (χ0v) is 9.02. The Morgan fingerprint density at radius 2 is 2.50 bits per heavy atom. The summed E-state index contributed by atoms with van der Waals surface area (Å²) in [4.78, 5) is 11.5. The Labute approximate surface area is 93.6 Å². The van der Waals surface area contributed by atoms with Gasteiger partial charge in [0.25, 0.3) is 0 Å². The quantitative estimate of drug-likeness (QED) is 0.643. The minimum atomic E-state index is -0.0805. The number of aromatic nitrogens is 2. The van der Waals surface area contributed by atoms with E-state index >= 15 is 0 Å². The molecule has 1 saturated heterocycles. The van der Waals surface area contributed by atoms with E-state index in [-0.39, 0.29) is 12.5 Å².